The van der Waals surface area contributed by atoms with E-state index >= 15 is 0 Å². The summed E-state index contributed by atoms with van der Waals surface area (Å²) in [6.07, 6.45) is 1.24. The normalized spacial score (nSPS) is 10.5. The maximum atomic E-state index is 12.2. The number of nitrogens with zero attached hydrogens (tertiary/aromatic N) is 1. The third-order valence-electron chi connectivity index (χ3n) is 3.70. The topological polar surface area (TPSA) is 83.1 Å². The van der Waals surface area contributed by atoms with Crippen LogP contribution in [0.4, 0.5) is 10.8 Å². The SMILES string of the molecule is CCCC(=O)Nc1nc2ccc(NC(=S)NC(=O)c3ccc(Cl)cc3)cc2s1. The number of rotatable bonds is 5. The molecule has 0 bridgehead atoms. The third kappa shape index (κ3) is 5.25. The summed E-state index contributed by atoms with van der Waals surface area (Å²) in [7, 11) is 0. The number of anilines is 2. The first kappa shape index (κ1) is 20.2. The number of carbonyl (C=O) groups is 2. The molecule has 0 aliphatic rings. The Hall–Kier alpha value is -2.55. The van der Waals surface area contributed by atoms with Crippen molar-refractivity contribution in [2.75, 3.05) is 10.6 Å². The van der Waals surface area contributed by atoms with Gasteiger partial charge in [0.05, 0.1) is 10.2 Å². The molecule has 6 nitrogen and oxygen atoms in total. The summed E-state index contributed by atoms with van der Waals surface area (Å²) in [4.78, 5) is 28.3. The fraction of sp³-hybridized carbons (Fsp3) is 0.158. The predicted octanol–water partition coefficient (Wildman–Crippen LogP) is 4.82. The Morgan fingerprint density at radius 1 is 1.14 bits per heavy atom. The van der Waals surface area contributed by atoms with Crippen molar-refractivity contribution in [3.05, 3.63) is 53.1 Å². The molecular formula is C19H17ClN4O2S2. The van der Waals surface area contributed by atoms with Crippen LogP contribution in [-0.4, -0.2) is 21.9 Å². The van der Waals surface area contributed by atoms with Crippen LogP contribution < -0.4 is 16.0 Å². The number of amides is 2. The van der Waals surface area contributed by atoms with Gasteiger partial charge in [-0.15, -0.1) is 0 Å². The summed E-state index contributed by atoms with van der Waals surface area (Å²) < 4.78 is 0.892. The average Bonchev–Trinajstić information content (AvgIpc) is 3.03. The van der Waals surface area contributed by atoms with Gasteiger partial charge < -0.3 is 10.6 Å². The minimum Gasteiger partial charge on any atom is -0.332 e. The van der Waals surface area contributed by atoms with Gasteiger partial charge in [-0.1, -0.05) is 29.9 Å². The number of halogens is 1. The first-order valence-corrected chi connectivity index (χ1v) is 10.1. The minimum absolute atomic E-state index is 0.0500. The molecule has 0 aliphatic heterocycles. The lowest BCUT2D eigenvalue weighted by Gasteiger charge is -2.09. The molecule has 3 aromatic rings. The Morgan fingerprint density at radius 2 is 1.89 bits per heavy atom. The first-order chi connectivity index (χ1) is 13.4. The summed E-state index contributed by atoms with van der Waals surface area (Å²) in [5.74, 6) is -0.375. The standard InChI is InChI=1S/C19H17ClN4O2S2/c1-2-3-16(25)23-19-22-14-9-8-13(10-15(14)28-19)21-18(27)24-17(26)11-4-6-12(20)7-5-11/h4-10H,2-3H2,1H3,(H,22,23,25)(H2,21,24,26,27). The van der Waals surface area contributed by atoms with Gasteiger partial charge in [-0.3, -0.25) is 14.9 Å². The first-order valence-electron chi connectivity index (χ1n) is 8.53. The molecule has 0 radical (unpaired) electrons. The van der Waals surface area contributed by atoms with Gasteiger partial charge in [-0.25, -0.2) is 4.98 Å². The summed E-state index contributed by atoms with van der Waals surface area (Å²) in [5, 5.41) is 9.70. The Labute approximate surface area is 176 Å². The number of aromatic nitrogens is 1. The van der Waals surface area contributed by atoms with Crippen molar-refractivity contribution in [3.8, 4) is 0 Å². The van der Waals surface area contributed by atoms with E-state index in [1.807, 2.05) is 19.1 Å². The lowest BCUT2D eigenvalue weighted by molar-refractivity contribution is -0.116. The molecule has 144 valence electrons. The van der Waals surface area contributed by atoms with E-state index in [1.54, 1.807) is 30.3 Å². The van der Waals surface area contributed by atoms with Crippen LogP contribution in [0.3, 0.4) is 0 Å². The van der Waals surface area contributed by atoms with Crippen LogP contribution in [0.1, 0.15) is 30.1 Å². The minimum atomic E-state index is -0.325. The van der Waals surface area contributed by atoms with Gasteiger partial charge in [0.2, 0.25) is 5.91 Å². The molecular weight excluding hydrogens is 416 g/mol. The van der Waals surface area contributed by atoms with Gasteiger partial charge in [0.15, 0.2) is 10.2 Å². The summed E-state index contributed by atoms with van der Waals surface area (Å²) in [5.41, 5.74) is 1.95. The number of thiocarbonyl (C=S) groups is 1. The van der Waals surface area contributed by atoms with E-state index in [4.69, 9.17) is 23.8 Å². The van der Waals surface area contributed by atoms with Crippen LogP contribution in [0.15, 0.2) is 42.5 Å². The second-order valence-electron chi connectivity index (χ2n) is 5.91. The lowest BCUT2D eigenvalue weighted by atomic mass is 10.2. The van der Waals surface area contributed by atoms with E-state index in [0.717, 1.165) is 16.6 Å². The van der Waals surface area contributed by atoms with Crippen molar-refractivity contribution in [1.82, 2.24) is 10.3 Å². The molecule has 0 saturated carbocycles. The van der Waals surface area contributed by atoms with Gasteiger partial charge in [0, 0.05) is 22.7 Å². The molecule has 9 heteroatoms. The molecule has 0 saturated heterocycles. The van der Waals surface area contributed by atoms with Gasteiger partial charge in [0.1, 0.15) is 0 Å². The molecule has 0 unspecified atom stereocenters. The number of thiazole rings is 1. The molecule has 0 spiro atoms. The monoisotopic (exact) mass is 432 g/mol. The van der Waals surface area contributed by atoms with E-state index in [1.165, 1.54) is 11.3 Å². The largest absolute Gasteiger partial charge is 0.332 e. The molecule has 0 aliphatic carbocycles. The zero-order valence-corrected chi connectivity index (χ0v) is 17.3. The van der Waals surface area contributed by atoms with Crippen molar-refractivity contribution < 1.29 is 9.59 Å². The molecule has 0 fully saturated rings. The van der Waals surface area contributed by atoms with Crippen molar-refractivity contribution in [2.24, 2.45) is 0 Å². The Morgan fingerprint density at radius 3 is 2.61 bits per heavy atom. The number of nitrogens with one attached hydrogen (secondary N) is 3. The molecule has 0 atom stereocenters. The third-order valence-corrected chi connectivity index (χ3v) is 5.09. The fourth-order valence-electron chi connectivity index (χ4n) is 2.40. The highest BCUT2D eigenvalue weighted by Crippen LogP contribution is 2.28. The van der Waals surface area contributed by atoms with Gasteiger partial charge >= 0.3 is 0 Å². The van der Waals surface area contributed by atoms with Crippen LogP contribution in [0.5, 0.6) is 0 Å². The summed E-state index contributed by atoms with van der Waals surface area (Å²) in [6.45, 7) is 1.95. The number of fused-ring (bicyclic) bond motifs is 1. The number of carbonyl (C=O) groups excluding carboxylic acids is 2. The van der Waals surface area contributed by atoms with Crippen LogP contribution in [-0.2, 0) is 4.79 Å². The van der Waals surface area contributed by atoms with Crippen LogP contribution >= 0.6 is 35.2 Å². The van der Waals surface area contributed by atoms with E-state index in [9.17, 15) is 9.59 Å². The van der Waals surface area contributed by atoms with Crippen molar-refractivity contribution in [1.29, 1.82) is 0 Å². The van der Waals surface area contributed by atoms with Crippen LogP contribution in [0.2, 0.25) is 5.02 Å². The van der Waals surface area contributed by atoms with E-state index < -0.39 is 0 Å². The lowest BCUT2D eigenvalue weighted by Crippen LogP contribution is -2.34. The molecule has 28 heavy (non-hydrogen) atoms. The van der Waals surface area contributed by atoms with Gasteiger partial charge in [-0.05, 0) is 61.1 Å². The highest BCUT2D eigenvalue weighted by atomic mass is 35.5. The maximum Gasteiger partial charge on any atom is 0.257 e. The molecule has 1 aromatic heterocycles. The molecule has 3 rings (SSSR count). The Bertz CT molecular complexity index is 1030. The van der Waals surface area contributed by atoms with Crippen LogP contribution in [0, 0.1) is 0 Å². The van der Waals surface area contributed by atoms with Gasteiger partial charge in [0.25, 0.3) is 5.91 Å². The quantitative estimate of drug-likeness (QED) is 0.503. The zero-order valence-electron chi connectivity index (χ0n) is 14.9. The van der Waals surface area contributed by atoms with Crippen molar-refractivity contribution >= 4 is 73.1 Å². The highest BCUT2D eigenvalue weighted by Gasteiger charge is 2.10. The Kier molecular flexibility index (Phi) is 6.56. The van der Waals surface area contributed by atoms with E-state index in [2.05, 4.69) is 20.9 Å². The average molecular weight is 433 g/mol. The molecule has 3 N–H and O–H groups in total. The van der Waals surface area contributed by atoms with Crippen LogP contribution in [0.25, 0.3) is 10.2 Å². The molecule has 2 amide bonds. The van der Waals surface area contributed by atoms with Crippen molar-refractivity contribution in [3.63, 3.8) is 0 Å². The second-order valence-corrected chi connectivity index (χ2v) is 7.79. The molecule has 2 aromatic carbocycles. The van der Waals surface area contributed by atoms with Gasteiger partial charge in [-0.2, -0.15) is 0 Å². The Balaban J connectivity index is 1.64. The second kappa shape index (κ2) is 9.09. The zero-order chi connectivity index (χ0) is 20.1. The molecule has 1 heterocycles. The summed E-state index contributed by atoms with van der Waals surface area (Å²) in [6, 6.07) is 12.0. The highest BCUT2D eigenvalue weighted by molar-refractivity contribution is 7.80. The predicted molar refractivity (Wildman–Crippen MR) is 118 cm³/mol. The van der Waals surface area contributed by atoms with Crippen molar-refractivity contribution in [2.45, 2.75) is 19.8 Å². The fourth-order valence-corrected chi connectivity index (χ4v) is 3.66. The smallest absolute Gasteiger partial charge is 0.257 e. The summed E-state index contributed by atoms with van der Waals surface area (Å²) >= 11 is 12.4. The number of hydrogen-bond donors (Lipinski definition) is 3. The maximum absolute atomic E-state index is 12.2. The number of hydrogen-bond acceptors (Lipinski definition) is 5. The van der Waals surface area contributed by atoms with E-state index in [-0.39, 0.29) is 16.9 Å². The van der Waals surface area contributed by atoms with E-state index in [0.29, 0.717) is 27.8 Å². The number of benzene rings is 2.